The van der Waals surface area contributed by atoms with Crippen molar-refractivity contribution in [2.75, 3.05) is 0 Å². The van der Waals surface area contributed by atoms with E-state index in [0.29, 0.717) is 10.6 Å². The summed E-state index contributed by atoms with van der Waals surface area (Å²) in [6.45, 7) is 4.84. The van der Waals surface area contributed by atoms with Crippen LogP contribution in [-0.4, -0.2) is 42.4 Å². The van der Waals surface area contributed by atoms with Crippen LogP contribution >= 0.6 is 34.8 Å². The molecule has 1 heterocycles. The molecule has 2 amide bonds. The molecular weight excluding hydrogens is 521 g/mol. The van der Waals surface area contributed by atoms with Gasteiger partial charge in [0.25, 0.3) is 11.5 Å². The van der Waals surface area contributed by atoms with E-state index in [-0.39, 0.29) is 21.3 Å². The van der Waals surface area contributed by atoms with Gasteiger partial charge in [0.15, 0.2) is 0 Å². The monoisotopic (exact) mass is 539 g/mol. The van der Waals surface area contributed by atoms with Gasteiger partial charge in [-0.05, 0) is 50.6 Å². The van der Waals surface area contributed by atoms with Crippen molar-refractivity contribution < 1.29 is 14.7 Å². The van der Waals surface area contributed by atoms with Gasteiger partial charge in [0.05, 0.1) is 17.1 Å². The molecule has 0 saturated carbocycles. The Bertz CT molecular complexity index is 1370. The number of hydrogen-bond acceptors (Lipinski definition) is 5. The molecule has 0 saturated heterocycles. The Morgan fingerprint density at radius 1 is 1.09 bits per heavy atom. The average molecular weight is 541 g/mol. The Hall–Kier alpha value is -3.34. The summed E-state index contributed by atoms with van der Waals surface area (Å²) in [6, 6.07) is 9.01. The van der Waals surface area contributed by atoms with Gasteiger partial charge in [-0.25, -0.2) is 14.6 Å². The standard InChI is InChI=1S/C22H20Cl3N5O5/c1-22(2,3)30(21(34)35)28-19(32)17(11-4-6-12(23)7-5-11)18-14(24)8-13(9-15(18)25)29-20(33)27-16(31)10-26-29/h4-10,17H,1-3H3,(H,28,32)(H,34,35)(H,27,31,33). The molecule has 3 N–H and O–H groups in total. The molecule has 1 atom stereocenters. The number of aromatic nitrogens is 3. The molecule has 2 aromatic carbocycles. The van der Waals surface area contributed by atoms with Crippen LogP contribution in [0.4, 0.5) is 4.79 Å². The van der Waals surface area contributed by atoms with Crippen molar-refractivity contribution >= 4 is 46.8 Å². The molecule has 3 rings (SSSR count). The van der Waals surface area contributed by atoms with Gasteiger partial charge < -0.3 is 5.11 Å². The van der Waals surface area contributed by atoms with E-state index in [2.05, 4.69) is 15.5 Å². The topological polar surface area (TPSA) is 137 Å². The fraction of sp³-hybridized carbons (Fsp3) is 0.227. The molecule has 184 valence electrons. The molecule has 10 nitrogen and oxygen atoms in total. The van der Waals surface area contributed by atoms with Crippen LogP contribution in [0.5, 0.6) is 0 Å². The van der Waals surface area contributed by atoms with Crippen molar-refractivity contribution in [2.45, 2.75) is 32.2 Å². The lowest BCUT2D eigenvalue weighted by atomic mass is 9.90. The first kappa shape index (κ1) is 26.3. The number of rotatable bonds is 4. The Morgan fingerprint density at radius 2 is 1.66 bits per heavy atom. The van der Waals surface area contributed by atoms with Crippen LogP contribution in [0.15, 0.2) is 52.2 Å². The quantitative estimate of drug-likeness (QED) is 0.430. The minimum Gasteiger partial charge on any atom is -0.464 e. The summed E-state index contributed by atoms with van der Waals surface area (Å²) >= 11 is 19.1. The van der Waals surface area contributed by atoms with Gasteiger partial charge in [0.1, 0.15) is 6.20 Å². The molecule has 1 aromatic heterocycles. The molecule has 0 spiro atoms. The largest absolute Gasteiger partial charge is 0.464 e. The SMILES string of the molecule is CC(C)(C)N(NC(=O)C(c1ccc(Cl)cc1)c1c(Cl)cc(-n2ncc(=O)[nH]c2=O)cc1Cl)C(=O)O. The van der Waals surface area contributed by atoms with Crippen molar-refractivity contribution in [3.8, 4) is 5.69 Å². The van der Waals surface area contributed by atoms with Gasteiger partial charge in [-0.2, -0.15) is 9.78 Å². The summed E-state index contributed by atoms with van der Waals surface area (Å²) in [6.07, 6.45) is -0.453. The second kappa shape index (κ2) is 10.1. The smallest absolute Gasteiger partial charge is 0.426 e. The molecule has 0 radical (unpaired) electrons. The van der Waals surface area contributed by atoms with Crippen molar-refractivity contribution in [3.63, 3.8) is 0 Å². The first-order valence-electron chi connectivity index (χ1n) is 10.1. The molecular formula is C22H20Cl3N5O5. The number of hydrazine groups is 1. The van der Waals surface area contributed by atoms with Gasteiger partial charge in [-0.1, -0.05) is 46.9 Å². The number of carboxylic acid groups (broad SMARTS) is 1. The summed E-state index contributed by atoms with van der Waals surface area (Å²) in [4.78, 5) is 50.8. The van der Waals surface area contributed by atoms with Gasteiger partial charge in [0, 0.05) is 20.6 Å². The van der Waals surface area contributed by atoms with Gasteiger partial charge in [-0.15, -0.1) is 0 Å². The normalized spacial score (nSPS) is 12.2. The predicted molar refractivity (Wildman–Crippen MR) is 132 cm³/mol. The Morgan fingerprint density at radius 3 is 2.14 bits per heavy atom. The van der Waals surface area contributed by atoms with Crippen LogP contribution in [-0.2, 0) is 4.79 Å². The first-order valence-corrected chi connectivity index (χ1v) is 11.2. The van der Waals surface area contributed by atoms with Crippen LogP contribution in [0.2, 0.25) is 15.1 Å². The molecule has 13 heteroatoms. The minimum absolute atomic E-state index is 0.000124. The van der Waals surface area contributed by atoms with Crippen molar-refractivity contribution in [3.05, 3.63) is 89.6 Å². The number of H-pyrrole nitrogens is 1. The molecule has 3 aromatic rings. The Kier molecular flexibility index (Phi) is 7.59. The van der Waals surface area contributed by atoms with E-state index in [0.717, 1.165) is 15.9 Å². The van der Waals surface area contributed by atoms with Crippen LogP contribution in [0.25, 0.3) is 5.69 Å². The zero-order valence-electron chi connectivity index (χ0n) is 18.7. The lowest BCUT2D eigenvalue weighted by Crippen LogP contribution is -2.56. The summed E-state index contributed by atoms with van der Waals surface area (Å²) in [7, 11) is 0. The maximum absolute atomic E-state index is 13.5. The zero-order valence-corrected chi connectivity index (χ0v) is 20.9. The first-order chi connectivity index (χ1) is 16.3. The van der Waals surface area contributed by atoms with Crippen LogP contribution in [0, 0.1) is 0 Å². The second-order valence-electron chi connectivity index (χ2n) is 8.42. The van der Waals surface area contributed by atoms with E-state index in [1.54, 1.807) is 45.0 Å². The molecule has 0 aliphatic carbocycles. The summed E-state index contributed by atoms with van der Waals surface area (Å²) in [5, 5.41) is 14.6. The maximum Gasteiger partial charge on any atom is 0.426 e. The number of nitrogens with zero attached hydrogens (tertiary/aromatic N) is 3. The van der Waals surface area contributed by atoms with E-state index in [1.807, 2.05) is 0 Å². The third-order valence-electron chi connectivity index (χ3n) is 4.86. The third kappa shape index (κ3) is 5.84. The van der Waals surface area contributed by atoms with E-state index in [9.17, 15) is 24.3 Å². The van der Waals surface area contributed by atoms with Crippen molar-refractivity contribution in [2.24, 2.45) is 0 Å². The number of carbonyl (C=O) groups excluding carboxylic acids is 1. The maximum atomic E-state index is 13.5. The van der Waals surface area contributed by atoms with Crippen LogP contribution in [0.1, 0.15) is 37.8 Å². The van der Waals surface area contributed by atoms with Gasteiger partial charge in [-0.3, -0.25) is 20.0 Å². The molecule has 0 aliphatic heterocycles. The lowest BCUT2D eigenvalue weighted by molar-refractivity contribution is -0.127. The van der Waals surface area contributed by atoms with Crippen LogP contribution in [0.3, 0.4) is 0 Å². The van der Waals surface area contributed by atoms with Crippen LogP contribution < -0.4 is 16.7 Å². The Balaban J connectivity index is 2.16. The third-order valence-corrected chi connectivity index (χ3v) is 5.74. The molecule has 35 heavy (non-hydrogen) atoms. The average Bonchev–Trinajstić information content (AvgIpc) is 2.74. The molecule has 0 bridgehead atoms. The van der Waals surface area contributed by atoms with Crippen molar-refractivity contribution in [1.29, 1.82) is 0 Å². The number of amides is 2. The van der Waals surface area contributed by atoms with E-state index >= 15 is 0 Å². The minimum atomic E-state index is -1.36. The number of benzene rings is 2. The fourth-order valence-electron chi connectivity index (χ4n) is 3.29. The number of hydrogen-bond donors (Lipinski definition) is 3. The summed E-state index contributed by atoms with van der Waals surface area (Å²) < 4.78 is 0.881. The highest BCUT2D eigenvalue weighted by atomic mass is 35.5. The molecule has 1 unspecified atom stereocenters. The highest BCUT2D eigenvalue weighted by molar-refractivity contribution is 6.37. The van der Waals surface area contributed by atoms with E-state index in [4.69, 9.17) is 34.8 Å². The zero-order chi connectivity index (χ0) is 26.1. The van der Waals surface area contributed by atoms with Gasteiger partial charge in [0.2, 0.25) is 0 Å². The fourth-order valence-corrected chi connectivity index (χ4v) is 4.11. The second-order valence-corrected chi connectivity index (χ2v) is 9.67. The summed E-state index contributed by atoms with van der Waals surface area (Å²) in [5.74, 6) is -1.87. The number of carbonyl (C=O) groups is 2. The number of nitrogens with one attached hydrogen (secondary N) is 2. The molecule has 0 aliphatic rings. The Labute approximate surface area is 214 Å². The summed E-state index contributed by atoms with van der Waals surface area (Å²) in [5.41, 5.74) is 0.705. The van der Waals surface area contributed by atoms with E-state index in [1.165, 1.54) is 12.1 Å². The number of halogens is 3. The van der Waals surface area contributed by atoms with Gasteiger partial charge >= 0.3 is 11.8 Å². The highest BCUT2D eigenvalue weighted by Crippen LogP contribution is 2.38. The highest BCUT2D eigenvalue weighted by Gasteiger charge is 2.34. The lowest BCUT2D eigenvalue weighted by Gasteiger charge is -2.34. The predicted octanol–water partition coefficient (Wildman–Crippen LogP) is 3.82. The van der Waals surface area contributed by atoms with Crippen molar-refractivity contribution in [1.82, 2.24) is 25.2 Å². The van der Waals surface area contributed by atoms with E-state index < -0.39 is 34.7 Å². The molecule has 0 fully saturated rings. The number of aromatic amines is 1.